The van der Waals surface area contributed by atoms with Gasteiger partial charge >= 0.3 is 12.0 Å². The molecule has 0 aromatic heterocycles. The summed E-state index contributed by atoms with van der Waals surface area (Å²) < 4.78 is 0. The van der Waals surface area contributed by atoms with Crippen molar-refractivity contribution in [3.63, 3.8) is 0 Å². The summed E-state index contributed by atoms with van der Waals surface area (Å²) in [4.78, 5) is 24.8. The summed E-state index contributed by atoms with van der Waals surface area (Å²) in [6, 6.07) is 8.23. The molecule has 0 fully saturated rings. The topological polar surface area (TPSA) is 81.7 Å². The standard InChI is InChI=1S/C15H23N3O3/c1-18(2)10-6-9-16-15(21)17-13(11-14(19)20)12-7-4-3-5-8-12/h3-5,7-8,13H,6,9-11H2,1-2H3,(H,19,20)(H2,16,17,21). The highest BCUT2D eigenvalue weighted by molar-refractivity contribution is 5.76. The lowest BCUT2D eigenvalue weighted by Crippen LogP contribution is -2.39. The van der Waals surface area contributed by atoms with Crippen LogP contribution in [0.2, 0.25) is 0 Å². The Bertz CT molecular complexity index is 449. The average Bonchev–Trinajstić information content (AvgIpc) is 2.43. The van der Waals surface area contributed by atoms with E-state index in [4.69, 9.17) is 5.11 Å². The number of carbonyl (C=O) groups is 2. The average molecular weight is 293 g/mol. The lowest BCUT2D eigenvalue weighted by Gasteiger charge is -2.18. The summed E-state index contributed by atoms with van der Waals surface area (Å²) in [5, 5.41) is 14.4. The lowest BCUT2D eigenvalue weighted by molar-refractivity contribution is -0.137. The number of urea groups is 1. The van der Waals surface area contributed by atoms with Crippen LogP contribution in [0.5, 0.6) is 0 Å². The Labute approximate surface area is 125 Å². The van der Waals surface area contributed by atoms with Crippen molar-refractivity contribution in [3.05, 3.63) is 35.9 Å². The first-order chi connectivity index (χ1) is 9.99. The van der Waals surface area contributed by atoms with E-state index in [0.29, 0.717) is 6.54 Å². The van der Waals surface area contributed by atoms with E-state index in [1.807, 2.05) is 37.2 Å². The molecule has 1 aromatic carbocycles. The Morgan fingerprint density at radius 3 is 2.48 bits per heavy atom. The van der Waals surface area contributed by atoms with E-state index in [1.165, 1.54) is 0 Å². The van der Waals surface area contributed by atoms with Crippen LogP contribution in [0.4, 0.5) is 4.79 Å². The number of nitrogens with zero attached hydrogens (tertiary/aromatic N) is 1. The third kappa shape index (κ3) is 7.31. The molecule has 0 aliphatic heterocycles. The molecule has 116 valence electrons. The second-order valence-electron chi connectivity index (χ2n) is 5.12. The predicted molar refractivity (Wildman–Crippen MR) is 81.1 cm³/mol. The zero-order valence-electron chi connectivity index (χ0n) is 12.5. The van der Waals surface area contributed by atoms with Gasteiger partial charge in [0.05, 0.1) is 12.5 Å². The van der Waals surface area contributed by atoms with Crippen molar-refractivity contribution < 1.29 is 14.7 Å². The number of amides is 2. The molecule has 0 radical (unpaired) electrons. The molecule has 1 unspecified atom stereocenters. The Hall–Kier alpha value is -2.08. The molecular formula is C15H23N3O3. The largest absolute Gasteiger partial charge is 0.481 e. The zero-order valence-corrected chi connectivity index (χ0v) is 12.5. The molecule has 0 heterocycles. The Morgan fingerprint density at radius 2 is 1.90 bits per heavy atom. The summed E-state index contributed by atoms with van der Waals surface area (Å²) in [5.41, 5.74) is 0.781. The molecule has 0 saturated carbocycles. The van der Waals surface area contributed by atoms with E-state index in [-0.39, 0.29) is 12.5 Å². The summed E-state index contributed by atoms with van der Waals surface area (Å²) >= 11 is 0. The maximum absolute atomic E-state index is 11.8. The van der Waals surface area contributed by atoms with Crippen molar-refractivity contribution in [2.24, 2.45) is 0 Å². The smallest absolute Gasteiger partial charge is 0.315 e. The number of rotatable bonds is 8. The van der Waals surface area contributed by atoms with E-state index < -0.39 is 12.0 Å². The number of carboxylic acid groups (broad SMARTS) is 1. The van der Waals surface area contributed by atoms with Crippen LogP contribution in [-0.4, -0.2) is 49.2 Å². The van der Waals surface area contributed by atoms with Gasteiger partial charge in [-0.25, -0.2) is 4.79 Å². The fourth-order valence-corrected chi connectivity index (χ4v) is 1.92. The fraction of sp³-hybridized carbons (Fsp3) is 0.467. The number of benzene rings is 1. The van der Waals surface area contributed by atoms with Gasteiger partial charge in [0.25, 0.3) is 0 Å². The fourth-order valence-electron chi connectivity index (χ4n) is 1.92. The second kappa shape index (κ2) is 8.97. The third-order valence-electron chi connectivity index (χ3n) is 2.95. The summed E-state index contributed by atoms with van der Waals surface area (Å²) in [6.07, 6.45) is 0.699. The highest BCUT2D eigenvalue weighted by atomic mass is 16.4. The Kier molecular flexibility index (Phi) is 7.25. The van der Waals surface area contributed by atoms with E-state index >= 15 is 0 Å². The number of aliphatic carboxylic acids is 1. The molecule has 0 spiro atoms. The van der Waals surface area contributed by atoms with E-state index in [1.54, 1.807) is 12.1 Å². The first-order valence-electron chi connectivity index (χ1n) is 6.95. The van der Waals surface area contributed by atoms with Crippen LogP contribution in [0.25, 0.3) is 0 Å². The molecule has 1 aromatic rings. The molecule has 2 amide bonds. The van der Waals surface area contributed by atoms with Crippen LogP contribution in [-0.2, 0) is 4.79 Å². The van der Waals surface area contributed by atoms with Gasteiger partial charge in [-0.3, -0.25) is 4.79 Å². The number of nitrogens with one attached hydrogen (secondary N) is 2. The summed E-state index contributed by atoms with van der Waals surface area (Å²) in [5.74, 6) is -0.947. The van der Waals surface area contributed by atoms with Crippen LogP contribution in [0.3, 0.4) is 0 Å². The molecule has 0 saturated heterocycles. The van der Waals surface area contributed by atoms with Gasteiger partial charge in [-0.05, 0) is 32.6 Å². The van der Waals surface area contributed by atoms with Crippen LogP contribution in [0, 0.1) is 0 Å². The van der Waals surface area contributed by atoms with Crippen LogP contribution in [0.15, 0.2) is 30.3 Å². The van der Waals surface area contributed by atoms with Crippen LogP contribution >= 0.6 is 0 Å². The van der Waals surface area contributed by atoms with Crippen LogP contribution < -0.4 is 10.6 Å². The Morgan fingerprint density at radius 1 is 1.24 bits per heavy atom. The number of carbonyl (C=O) groups excluding carboxylic acids is 1. The maximum Gasteiger partial charge on any atom is 0.315 e. The highest BCUT2D eigenvalue weighted by Crippen LogP contribution is 2.16. The molecule has 1 atom stereocenters. The van der Waals surface area contributed by atoms with Gasteiger partial charge in [0.15, 0.2) is 0 Å². The minimum Gasteiger partial charge on any atom is -0.481 e. The second-order valence-corrected chi connectivity index (χ2v) is 5.12. The van der Waals surface area contributed by atoms with Crippen molar-refractivity contribution in [2.75, 3.05) is 27.2 Å². The number of hydrogen-bond acceptors (Lipinski definition) is 3. The summed E-state index contributed by atoms with van der Waals surface area (Å²) in [6.45, 7) is 1.44. The van der Waals surface area contributed by atoms with Gasteiger partial charge in [-0.15, -0.1) is 0 Å². The molecule has 21 heavy (non-hydrogen) atoms. The van der Waals surface area contributed by atoms with E-state index in [2.05, 4.69) is 10.6 Å². The predicted octanol–water partition coefficient (Wildman–Crippen LogP) is 1.45. The number of hydrogen-bond donors (Lipinski definition) is 3. The van der Waals surface area contributed by atoms with Gasteiger partial charge in [0.2, 0.25) is 0 Å². The molecular weight excluding hydrogens is 270 g/mol. The first kappa shape index (κ1) is 17.0. The zero-order chi connectivity index (χ0) is 15.7. The van der Waals surface area contributed by atoms with E-state index in [9.17, 15) is 9.59 Å². The highest BCUT2D eigenvalue weighted by Gasteiger charge is 2.17. The van der Waals surface area contributed by atoms with Gasteiger partial charge in [-0.2, -0.15) is 0 Å². The minimum absolute atomic E-state index is 0.144. The van der Waals surface area contributed by atoms with Gasteiger partial charge < -0.3 is 20.6 Å². The first-order valence-corrected chi connectivity index (χ1v) is 6.95. The SMILES string of the molecule is CN(C)CCCNC(=O)NC(CC(=O)O)c1ccccc1. The van der Waals surface area contributed by atoms with Gasteiger partial charge in [0, 0.05) is 6.54 Å². The quantitative estimate of drug-likeness (QED) is 0.634. The van der Waals surface area contributed by atoms with Gasteiger partial charge in [-0.1, -0.05) is 30.3 Å². The lowest BCUT2D eigenvalue weighted by atomic mass is 10.0. The monoisotopic (exact) mass is 293 g/mol. The van der Waals surface area contributed by atoms with Crippen molar-refractivity contribution in [3.8, 4) is 0 Å². The maximum atomic E-state index is 11.8. The van der Waals surface area contributed by atoms with Crippen molar-refractivity contribution in [2.45, 2.75) is 18.9 Å². The minimum atomic E-state index is -0.947. The van der Waals surface area contributed by atoms with Crippen molar-refractivity contribution in [1.82, 2.24) is 15.5 Å². The molecule has 1 rings (SSSR count). The van der Waals surface area contributed by atoms with Crippen LogP contribution in [0.1, 0.15) is 24.4 Å². The van der Waals surface area contributed by atoms with Crippen molar-refractivity contribution in [1.29, 1.82) is 0 Å². The normalized spacial score (nSPS) is 12.0. The molecule has 0 aliphatic rings. The van der Waals surface area contributed by atoms with Crippen molar-refractivity contribution >= 4 is 12.0 Å². The van der Waals surface area contributed by atoms with E-state index in [0.717, 1.165) is 18.5 Å². The Balaban J connectivity index is 2.49. The van der Waals surface area contributed by atoms with Gasteiger partial charge in [0.1, 0.15) is 0 Å². The molecule has 0 bridgehead atoms. The third-order valence-corrected chi connectivity index (χ3v) is 2.95. The molecule has 3 N–H and O–H groups in total. The molecule has 6 heteroatoms. The molecule has 6 nitrogen and oxygen atoms in total. The summed E-state index contributed by atoms with van der Waals surface area (Å²) in [7, 11) is 3.94. The number of carboxylic acids is 1. The molecule has 0 aliphatic carbocycles.